The molecule has 2 fully saturated rings. The molecule has 1 N–H and O–H groups in total. The minimum atomic E-state index is -0.498. The van der Waals surface area contributed by atoms with Crippen LogP contribution in [-0.2, 0) is 9.47 Å². The van der Waals surface area contributed by atoms with Gasteiger partial charge in [-0.25, -0.2) is 9.78 Å². The predicted octanol–water partition coefficient (Wildman–Crippen LogP) is 4.17. The molecule has 9 heteroatoms. The Labute approximate surface area is 214 Å². The van der Waals surface area contributed by atoms with E-state index in [-0.39, 0.29) is 18.0 Å². The van der Waals surface area contributed by atoms with Gasteiger partial charge in [-0.3, -0.25) is 4.79 Å². The average molecular weight is 500 g/mol. The van der Waals surface area contributed by atoms with Crippen LogP contribution in [0.1, 0.15) is 76.4 Å². The minimum Gasteiger partial charge on any atom is -0.444 e. The number of nitrogens with zero attached hydrogens (tertiary/aromatic N) is 4. The molecule has 36 heavy (non-hydrogen) atoms. The van der Waals surface area contributed by atoms with Gasteiger partial charge in [-0.15, -0.1) is 0 Å². The highest BCUT2D eigenvalue weighted by atomic mass is 16.6. The largest absolute Gasteiger partial charge is 0.444 e. The van der Waals surface area contributed by atoms with Gasteiger partial charge in [0.2, 0.25) is 0 Å². The lowest BCUT2D eigenvalue weighted by atomic mass is 10.0. The number of Topliss-reactive ketones (excluding diaryl/α,β-unsaturated/α-hetero) is 1. The van der Waals surface area contributed by atoms with E-state index in [0.29, 0.717) is 37.2 Å². The van der Waals surface area contributed by atoms with E-state index in [2.05, 4.69) is 33.4 Å². The molecule has 2 aliphatic rings. The average Bonchev–Trinajstić information content (AvgIpc) is 3.24. The lowest BCUT2D eigenvalue weighted by Crippen LogP contribution is -2.52. The lowest BCUT2D eigenvalue weighted by Gasteiger charge is -2.38. The summed E-state index contributed by atoms with van der Waals surface area (Å²) in [6, 6.07) is 2.24. The molecule has 0 radical (unpaired) electrons. The van der Waals surface area contributed by atoms with Crippen LogP contribution >= 0.6 is 0 Å². The number of ketones is 1. The summed E-state index contributed by atoms with van der Waals surface area (Å²) < 4.78 is 13.6. The van der Waals surface area contributed by atoms with Gasteiger partial charge in [0.1, 0.15) is 5.60 Å². The molecule has 198 valence electrons. The Morgan fingerprint density at radius 1 is 1.22 bits per heavy atom. The van der Waals surface area contributed by atoms with Crippen molar-refractivity contribution >= 4 is 23.2 Å². The molecule has 2 aliphatic heterocycles. The predicted molar refractivity (Wildman–Crippen MR) is 140 cm³/mol. The number of amides is 1. The standard InChI is InChI=1S/C27H41N5O4/c1-18(2)24-14-28-25-23(13-20(19(3)33)15-32(24)25)29-21-7-9-30(10-8-21)16-22-17-31(11-12-35-22)26(34)36-27(4,5)6/h13-15,18,21-22,29H,7-12,16-17H2,1-6H3/t22-/m1/s1. The van der Waals surface area contributed by atoms with Crippen LogP contribution in [0.15, 0.2) is 18.5 Å². The first-order chi connectivity index (χ1) is 17.0. The molecule has 4 heterocycles. The summed E-state index contributed by atoms with van der Waals surface area (Å²) in [4.78, 5) is 33.5. The van der Waals surface area contributed by atoms with Crippen molar-refractivity contribution in [1.29, 1.82) is 0 Å². The fourth-order valence-electron chi connectivity index (χ4n) is 4.92. The summed E-state index contributed by atoms with van der Waals surface area (Å²) >= 11 is 0. The molecule has 1 amide bonds. The van der Waals surface area contributed by atoms with Crippen LogP contribution in [0.5, 0.6) is 0 Å². The number of imidazole rings is 1. The van der Waals surface area contributed by atoms with E-state index in [9.17, 15) is 9.59 Å². The molecule has 0 spiro atoms. The summed E-state index contributed by atoms with van der Waals surface area (Å²) in [6.07, 6.45) is 5.49. The van der Waals surface area contributed by atoms with Crippen LogP contribution in [-0.4, -0.2) is 88.1 Å². The Hall–Kier alpha value is -2.65. The van der Waals surface area contributed by atoms with E-state index in [1.807, 2.05) is 39.2 Å². The third-order valence-corrected chi connectivity index (χ3v) is 6.83. The number of ether oxygens (including phenoxy) is 2. The first-order valence-corrected chi connectivity index (χ1v) is 13.1. The first kappa shape index (κ1) is 26.4. The van der Waals surface area contributed by atoms with Crippen molar-refractivity contribution in [3.8, 4) is 0 Å². The van der Waals surface area contributed by atoms with E-state index >= 15 is 0 Å². The maximum atomic E-state index is 12.5. The second-order valence-corrected chi connectivity index (χ2v) is 11.4. The second-order valence-electron chi connectivity index (χ2n) is 11.4. The lowest BCUT2D eigenvalue weighted by molar-refractivity contribution is -0.0538. The summed E-state index contributed by atoms with van der Waals surface area (Å²) in [5, 5.41) is 3.68. The third-order valence-electron chi connectivity index (χ3n) is 6.83. The van der Waals surface area contributed by atoms with E-state index in [1.54, 1.807) is 11.8 Å². The normalized spacial score (nSPS) is 20.2. The Kier molecular flexibility index (Phi) is 7.90. The minimum absolute atomic E-state index is 0.0120. The van der Waals surface area contributed by atoms with Crippen molar-refractivity contribution in [2.45, 2.75) is 78.0 Å². The highest BCUT2D eigenvalue weighted by molar-refractivity contribution is 5.95. The highest BCUT2D eigenvalue weighted by Crippen LogP contribution is 2.26. The molecular weight excluding hydrogens is 458 g/mol. The molecule has 0 aromatic carbocycles. The van der Waals surface area contributed by atoms with Gasteiger partial charge in [-0.2, -0.15) is 0 Å². The number of pyridine rings is 1. The van der Waals surface area contributed by atoms with Crippen LogP contribution in [0, 0.1) is 0 Å². The number of morpholine rings is 1. The third kappa shape index (κ3) is 6.37. The van der Waals surface area contributed by atoms with Gasteiger partial charge in [0, 0.05) is 55.9 Å². The van der Waals surface area contributed by atoms with Crippen LogP contribution in [0.4, 0.5) is 10.5 Å². The molecule has 1 atom stereocenters. The molecule has 0 unspecified atom stereocenters. The number of carbonyl (C=O) groups is 2. The van der Waals surface area contributed by atoms with E-state index < -0.39 is 5.60 Å². The van der Waals surface area contributed by atoms with Crippen LogP contribution in [0.3, 0.4) is 0 Å². The Bertz CT molecular complexity index is 1080. The van der Waals surface area contributed by atoms with E-state index in [1.165, 1.54) is 0 Å². The summed E-state index contributed by atoms with van der Waals surface area (Å²) in [5.41, 5.74) is 3.06. The second kappa shape index (κ2) is 10.8. The van der Waals surface area contributed by atoms with Gasteiger partial charge in [0.25, 0.3) is 0 Å². The van der Waals surface area contributed by atoms with Crippen molar-refractivity contribution in [1.82, 2.24) is 19.2 Å². The molecule has 2 saturated heterocycles. The highest BCUT2D eigenvalue weighted by Gasteiger charge is 2.30. The maximum Gasteiger partial charge on any atom is 0.410 e. The van der Waals surface area contributed by atoms with Crippen molar-refractivity contribution in [2.75, 3.05) is 44.6 Å². The summed E-state index contributed by atoms with van der Waals surface area (Å²) in [6.45, 7) is 15.9. The fourth-order valence-corrected chi connectivity index (χ4v) is 4.92. The van der Waals surface area contributed by atoms with Crippen molar-refractivity contribution < 1.29 is 19.1 Å². The van der Waals surface area contributed by atoms with Gasteiger partial charge in [-0.05, 0) is 52.5 Å². The zero-order valence-corrected chi connectivity index (χ0v) is 22.5. The first-order valence-electron chi connectivity index (χ1n) is 13.1. The van der Waals surface area contributed by atoms with Crippen LogP contribution in [0.2, 0.25) is 0 Å². The Morgan fingerprint density at radius 3 is 2.58 bits per heavy atom. The number of rotatable bonds is 6. The summed E-state index contributed by atoms with van der Waals surface area (Å²) in [5.74, 6) is 0.359. The Balaban J connectivity index is 1.34. The number of aromatic nitrogens is 2. The number of nitrogens with one attached hydrogen (secondary N) is 1. The zero-order valence-electron chi connectivity index (χ0n) is 22.5. The number of carbonyl (C=O) groups excluding carboxylic acids is 2. The van der Waals surface area contributed by atoms with Gasteiger partial charge in [-0.1, -0.05) is 13.8 Å². The van der Waals surface area contributed by atoms with Gasteiger partial charge in [0.15, 0.2) is 11.4 Å². The van der Waals surface area contributed by atoms with Crippen LogP contribution < -0.4 is 5.32 Å². The number of fused-ring (bicyclic) bond motifs is 1. The van der Waals surface area contributed by atoms with Gasteiger partial charge in [0.05, 0.1) is 24.9 Å². The molecular formula is C27H41N5O4. The number of hydrogen-bond donors (Lipinski definition) is 1. The topological polar surface area (TPSA) is 88.4 Å². The van der Waals surface area contributed by atoms with E-state index in [4.69, 9.17) is 9.47 Å². The maximum absolute atomic E-state index is 12.5. The SMILES string of the molecule is CC(=O)c1cc(NC2CCN(C[C@@H]3CN(C(=O)OC(C)(C)C)CCO3)CC2)c2ncc(C(C)C)n2c1. The number of piperidine rings is 1. The zero-order chi connectivity index (χ0) is 26.0. The summed E-state index contributed by atoms with van der Waals surface area (Å²) in [7, 11) is 0. The molecule has 0 aliphatic carbocycles. The molecule has 0 bridgehead atoms. The molecule has 2 aromatic rings. The van der Waals surface area contributed by atoms with Crippen molar-refractivity contribution in [3.05, 3.63) is 29.7 Å². The fraction of sp³-hybridized carbons (Fsp3) is 0.667. The number of anilines is 1. The van der Waals surface area contributed by atoms with Crippen molar-refractivity contribution in [2.24, 2.45) is 0 Å². The van der Waals surface area contributed by atoms with Gasteiger partial charge >= 0.3 is 6.09 Å². The van der Waals surface area contributed by atoms with Crippen LogP contribution in [0.25, 0.3) is 5.65 Å². The molecule has 9 nitrogen and oxygen atoms in total. The monoisotopic (exact) mass is 499 g/mol. The smallest absolute Gasteiger partial charge is 0.410 e. The van der Waals surface area contributed by atoms with Gasteiger partial charge < -0.3 is 29.0 Å². The molecule has 2 aromatic heterocycles. The number of likely N-dealkylation sites (tertiary alicyclic amines) is 1. The molecule has 4 rings (SSSR count). The molecule has 0 saturated carbocycles. The van der Waals surface area contributed by atoms with E-state index in [0.717, 1.165) is 49.5 Å². The van der Waals surface area contributed by atoms with Crippen molar-refractivity contribution in [3.63, 3.8) is 0 Å². The number of hydrogen-bond acceptors (Lipinski definition) is 7. The quantitative estimate of drug-likeness (QED) is 0.597. The Morgan fingerprint density at radius 2 is 1.94 bits per heavy atom.